The number of carbonyl (C=O) groups excluding carboxylic acids is 1. The Morgan fingerprint density at radius 3 is 3.13 bits per heavy atom. The summed E-state index contributed by atoms with van der Waals surface area (Å²) < 4.78 is 5.35. The van der Waals surface area contributed by atoms with Crippen LogP contribution in [0.4, 0.5) is 0 Å². The second-order valence-electron chi connectivity index (χ2n) is 3.68. The van der Waals surface area contributed by atoms with E-state index < -0.39 is 0 Å². The van der Waals surface area contributed by atoms with Crippen LogP contribution in [0.1, 0.15) is 13.3 Å². The molecule has 0 bridgehead atoms. The lowest BCUT2D eigenvalue weighted by Gasteiger charge is -2.34. The predicted octanol–water partition coefficient (Wildman–Crippen LogP) is -0.794. The number of morpholine rings is 1. The number of ether oxygens (including phenoxy) is 1. The Bertz CT molecular complexity index is 199. The van der Waals surface area contributed by atoms with E-state index in [1.54, 1.807) is 0 Å². The molecule has 2 N–H and O–H groups in total. The summed E-state index contributed by atoms with van der Waals surface area (Å²) in [6, 6.07) is 0.346. The summed E-state index contributed by atoms with van der Waals surface area (Å²) in [5.74, 6) is -0.0237. The molecular formula is C10H20N2O3. The highest BCUT2D eigenvalue weighted by Gasteiger charge is 2.22. The molecule has 0 aliphatic carbocycles. The molecule has 1 rings (SSSR count). The Hall–Kier alpha value is -0.650. The quantitative estimate of drug-likeness (QED) is 0.632. The van der Waals surface area contributed by atoms with Crippen molar-refractivity contribution >= 4 is 5.91 Å². The maximum Gasteiger partial charge on any atom is 0.234 e. The van der Waals surface area contributed by atoms with Gasteiger partial charge in [-0.05, 0) is 6.42 Å². The lowest BCUT2D eigenvalue weighted by atomic mass is 10.2. The van der Waals surface area contributed by atoms with Gasteiger partial charge in [0, 0.05) is 19.1 Å². The standard InChI is InChI=1S/C10H20N2O3/c1-2-9-8-15-6-4-12(9)7-10(14)11-3-5-13/h9,13H,2-8H2,1H3,(H,11,14). The topological polar surface area (TPSA) is 61.8 Å². The van der Waals surface area contributed by atoms with E-state index in [4.69, 9.17) is 9.84 Å². The molecule has 1 heterocycles. The van der Waals surface area contributed by atoms with Gasteiger partial charge < -0.3 is 15.2 Å². The van der Waals surface area contributed by atoms with Gasteiger partial charge in [0.1, 0.15) is 0 Å². The molecule has 1 atom stereocenters. The second kappa shape index (κ2) is 6.76. The minimum Gasteiger partial charge on any atom is -0.395 e. The molecule has 0 aromatic heterocycles. The summed E-state index contributed by atoms with van der Waals surface area (Å²) in [4.78, 5) is 13.6. The fourth-order valence-electron chi connectivity index (χ4n) is 1.71. The van der Waals surface area contributed by atoms with Crippen LogP contribution in [-0.4, -0.2) is 61.4 Å². The Morgan fingerprint density at radius 2 is 2.47 bits per heavy atom. The number of hydrogen-bond acceptors (Lipinski definition) is 4. The fourth-order valence-corrected chi connectivity index (χ4v) is 1.71. The summed E-state index contributed by atoms with van der Waals surface area (Å²) in [7, 11) is 0. The Morgan fingerprint density at radius 1 is 1.67 bits per heavy atom. The summed E-state index contributed by atoms with van der Waals surface area (Å²) >= 11 is 0. The predicted molar refractivity (Wildman–Crippen MR) is 56.6 cm³/mol. The number of aliphatic hydroxyl groups is 1. The van der Waals surface area contributed by atoms with Crippen molar-refractivity contribution in [2.24, 2.45) is 0 Å². The van der Waals surface area contributed by atoms with Gasteiger partial charge in [-0.15, -0.1) is 0 Å². The van der Waals surface area contributed by atoms with Crippen LogP contribution in [0.25, 0.3) is 0 Å². The average Bonchev–Trinajstić information content (AvgIpc) is 2.27. The zero-order valence-electron chi connectivity index (χ0n) is 9.24. The molecule has 15 heavy (non-hydrogen) atoms. The van der Waals surface area contributed by atoms with Crippen LogP contribution in [-0.2, 0) is 9.53 Å². The Labute approximate surface area is 90.4 Å². The lowest BCUT2D eigenvalue weighted by molar-refractivity contribution is -0.124. The van der Waals surface area contributed by atoms with Crippen molar-refractivity contribution in [1.82, 2.24) is 10.2 Å². The van der Waals surface area contributed by atoms with Crippen LogP contribution in [0.5, 0.6) is 0 Å². The van der Waals surface area contributed by atoms with Crippen molar-refractivity contribution in [2.75, 3.05) is 39.5 Å². The van der Waals surface area contributed by atoms with Crippen molar-refractivity contribution in [1.29, 1.82) is 0 Å². The first kappa shape index (κ1) is 12.4. The lowest BCUT2D eigenvalue weighted by Crippen LogP contribution is -2.49. The number of rotatable bonds is 5. The molecule has 0 aromatic rings. The van der Waals surface area contributed by atoms with Crippen molar-refractivity contribution in [3.63, 3.8) is 0 Å². The van der Waals surface area contributed by atoms with Gasteiger partial charge in [0.15, 0.2) is 0 Å². The van der Waals surface area contributed by atoms with Crippen molar-refractivity contribution in [3.8, 4) is 0 Å². The zero-order valence-corrected chi connectivity index (χ0v) is 9.24. The molecule has 1 aliphatic heterocycles. The highest BCUT2D eigenvalue weighted by Crippen LogP contribution is 2.09. The first-order chi connectivity index (χ1) is 7.27. The summed E-state index contributed by atoms with van der Waals surface area (Å²) in [5, 5.41) is 11.2. The van der Waals surface area contributed by atoms with Gasteiger partial charge in [0.2, 0.25) is 5.91 Å². The van der Waals surface area contributed by atoms with E-state index in [0.29, 0.717) is 32.3 Å². The molecular weight excluding hydrogens is 196 g/mol. The molecule has 0 saturated carbocycles. The summed E-state index contributed by atoms with van der Waals surface area (Å²) in [5.41, 5.74) is 0. The molecule has 1 unspecified atom stereocenters. The minimum absolute atomic E-state index is 0.00788. The van der Waals surface area contributed by atoms with E-state index in [-0.39, 0.29) is 12.5 Å². The highest BCUT2D eigenvalue weighted by molar-refractivity contribution is 5.78. The van der Waals surface area contributed by atoms with Crippen molar-refractivity contribution < 1.29 is 14.6 Å². The number of amides is 1. The first-order valence-electron chi connectivity index (χ1n) is 5.47. The molecule has 1 amide bonds. The maximum atomic E-state index is 11.4. The number of aliphatic hydroxyl groups excluding tert-OH is 1. The van der Waals surface area contributed by atoms with Gasteiger partial charge in [-0.2, -0.15) is 0 Å². The van der Waals surface area contributed by atoms with E-state index in [1.165, 1.54) is 0 Å². The van der Waals surface area contributed by atoms with E-state index in [0.717, 1.165) is 13.0 Å². The van der Waals surface area contributed by atoms with Gasteiger partial charge in [-0.1, -0.05) is 6.92 Å². The number of hydrogen-bond donors (Lipinski definition) is 2. The molecule has 5 heteroatoms. The minimum atomic E-state index is -0.0237. The van der Waals surface area contributed by atoms with Crippen molar-refractivity contribution in [3.05, 3.63) is 0 Å². The van der Waals surface area contributed by atoms with Gasteiger partial charge in [0.05, 0.1) is 26.4 Å². The third-order valence-electron chi connectivity index (χ3n) is 2.60. The molecule has 1 saturated heterocycles. The average molecular weight is 216 g/mol. The smallest absolute Gasteiger partial charge is 0.234 e. The fraction of sp³-hybridized carbons (Fsp3) is 0.900. The van der Waals surface area contributed by atoms with E-state index in [1.807, 2.05) is 0 Å². The third-order valence-corrected chi connectivity index (χ3v) is 2.60. The number of carbonyl (C=O) groups is 1. The van der Waals surface area contributed by atoms with Crippen LogP contribution in [0, 0.1) is 0 Å². The number of nitrogens with one attached hydrogen (secondary N) is 1. The maximum absolute atomic E-state index is 11.4. The van der Waals surface area contributed by atoms with Crippen LogP contribution in [0.15, 0.2) is 0 Å². The normalized spacial score (nSPS) is 22.7. The monoisotopic (exact) mass is 216 g/mol. The van der Waals surface area contributed by atoms with Crippen LogP contribution < -0.4 is 5.32 Å². The van der Waals surface area contributed by atoms with Crippen LogP contribution in [0.3, 0.4) is 0 Å². The van der Waals surface area contributed by atoms with Gasteiger partial charge in [-0.25, -0.2) is 0 Å². The first-order valence-corrected chi connectivity index (χ1v) is 5.47. The molecule has 88 valence electrons. The third kappa shape index (κ3) is 4.15. The molecule has 0 spiro atoms. The molecule has 5 nitrogen and oxygen atoms in total. The Balaban J connectivity index is 2.30. The zero-order chi connectivity index (χ0) is 11.1. The van der Waals surface area contributed by atoms with Crippen LogP contribution in [0.2, 0.25) is 0 Å². The van der Waals surface area contributed by atoms with Crippen molar-refractivity contribution in [2.45, 2.75) is 19.4 Å². The largest absolute Gasteiger partial charge is 0.395 e. The Kier molecular flexibility index (Phi) is 5.60. The second-order valence-corrected chi connectivity index (χ2v) is 3.68. The summed E-state index contributed by atoms with van der Waals surface area (Å²) in [6.07, 6.45) is 0.993. The van der Waals surface area contributed by atoms with Gasteiger partial charge in [0.25, 0.3) is 0 Å². The van der Waals surface area contributed by atoms with Crippen LogP contribution >= 0.6 is 0 Å². The summed E-state index contributed by atoms with van der Waals surface area (Å²) in [6.45, 7) is 5.05. The van der Waals surface area contributed by atoms with E-state index >= 15 is 0 Å². The molecule has 0 radical (unpaired) electrons. The SMILES string of the molecule is CCC1COCCN1CC(=O)NCCO. The number of nitrogens with zero attached hydrogens (tertiary/aromatic N) is 1. The van der Waals surface area contributed by atoms with E-state index in [9.17, 15) is 4.79 Å². The van der Waals surface area contributed by atoms with Gasteiger partial charge in [-0.3, -0.25) is 9.69 Å². The molecule has 1 aliphatic rings. The molecule has 0 aromatic carbocycles. The highest BCUT2D eigenvalue weighted by atomic mass is 16.5. The van der Waals surface area contributed by atoms with E-state index in [2.05, 4.69) is 17.1 Å². The molecule has 1 fully saturated rings. The van der Waals surface area contributed by atoms with Gasteiger partial charge >= 0.3 is 0 Å².